The van der Waals surface area contributed by atoms with Crippen LogP contribution >= 0.6 is 0 Å². The summed E-state index contributed by atoms with van der Waals surface area (Å²) in [6, 6.07) is 9.82. The highest BCUT2D eigenvalue weighted by molar-refractivity contribution is 5.96. The molecule has 1 unspecified atom stereocenters. The van der Waals surface area contributed by atoms with E-state index in [-0.39, 0.29) is 17.7 Å². The zero-order valence-corrected chi connectivity index (χ0v) is 11.0. The summed E-state index contributed by atoms with van der Waals surface area (Å²) in [5, 5.41) is 0. The maximum absolute atomic E-state index is 12.0. The molecule has 1 aliphatic rings. The Bertz CT molecular complexity index is 427. The molecule has 1 atom stereocenters. The van der Waals surface area contributed by atoms with Crippen molar-refractivity contribution in [2.24, 2.45) is 5.73 Å². The third kappa shape index (κ3) is 3.41. The van der Waals surface area contributed by atoms with Crippen molar-refractivity contribution in [3.8, 4) is 0 Å². The monoisotopic (exact) mass is 260 g/mol. The quantitative estimate of drug-likeness (QED) is 0.837. The summed E-state index contributed by atoms with van der Waals surface area (Å²) >= 11 is 0. The fourth-order valence-corrected chi connectivity index (χ4v) is 2.43. The van der Waals surface area contributed by atoms with Crippen LogP contribution in [0.3, 0.4) is 0 Å². The first-order valence-corrected chi connectivity index (χ1v) is 6.80. The van der Waals surface area contributed by atoms with Gasteiger partial charge in [0.2, 0.25) is 11.8 Å². The molecule has 1 aromatic carbocycles. The third-order valence-corrected chi connectivity index (χ3v) is 3.59. The van der Waals surface area contributed by atoms with Gasteiger partial charge in [-0.1, -0.05) is 30.3 Å². The van der Waals surface area contributed by atoms with E-state index in [1.165, 1.54) is 4.90 Å². The van der Waals surface area contributed by atoms with Crippen molar-refractivity contribution in [1.82, 2.24) is 4.90 Å². The normalized spacial score (nSPS) is 18.3. The number of likely N-dealkylation sites (tertiary alicyclic amines) is 1. The number of carbonyl (C=O) groups is 2. The predicted molar refractivity (Wildman–Crippen MR) is 73.4 cm³/mol. The molecular weight excluding hydrogens is 240 g/mol. The van der Waals surface area contributed by atoms with E-state index < -0.39 is 0 Å². The van der Waals surface area contributed by atoms with Gasteiger partial charge >= 0.3 is 0 Å². The standard InChI is InChI=1S/C15H20N2O2/c16-10-13(12-6-2-1-3-7-12)11-17-14(18)8-4-5-9-15(17)19/h1-3,6-7,13H,4-5,8-11,16H2. The molecule has 2 amide bonds. The Hall–Kier alpha value is -1.68. The van der Waals surface area contributed by atoms with Crippen LogP contribution in [0.4, 0.5) is 0 Å². The minimum atomic E-state index is -0.0584. The molecule has 102 valence electrons. The first kappa shape index (κ1) is 13.7. The molecule has 1 heterocycles. The number of hydrogen-bond acceptors (Lipinski definition) is 3. The van der Waals surface area contributed by atoms with Crippen LogP contribution in [-0.4, -0.2) is 29.8 Å². The van der Waals surface area contributed by atoms with Crippen molar-refractivity contribution in [2.75, 3.05) is 13.1 Å². The predicted octanol–water partition coefficient (Wildman–Crippen LogP) is 1.66. The Balaban J connectivity index is 2.12. The number of nitrogens with two attached hydrogens (primary N) is 1. The molecule has 0 radical (unpaired) electrons. The molecule has 1 fully saturated rings. The molecule has 1 aliphatic heterocycles. The fourth-order valence-electron chi connectivity index (χ4n) is 2.43. The second-order valence-electron chi connectivity index (χ2n) is 4.95. The maximum Gasteiger partial charge on any atom is 0.229 e. The first-order valence-electron chi connectivity index (χ1n) is 6.80. The Morgan fingerprint density at radius 2 is 1.63 bits per heavy atom. The van der Waals surface area contributed by atoms with Gasteiger partial charge in [-0.3, -0.25) is 14.5 Å². The zero-order valence-electron chi connectivity index (χ0n) is 11.0. The van der Waals surface area contributed by atoms with Crippen LogP contribution in [0.25, 0.3) is 0 Å². The second-order valence-corrected chi connectivity index (χ2v) is 4.95. The molecule has 4 nitrogen and oxygen atoms in total. The van der Waals surface area contributed by atoms with E-state index >= 15 is 0 Å². The lowest BCUT2D eigenvalue weighted by molar-refractivity contribution is -0.144. The van der Waals surface area contributed by atoms with Crippen LogP contribution < -0.4 is 5.73 Å². The average Bonchev–Trinajstić information content (AvgIpc) is 2.59. The SMILES string of the molecule is NCC(CN1C(=O)CCCCC1=O)c1ccccc1. The molecule has 4 heteroatoms. The average molecular weight is 260 g/mol. The Morgan fingerprint density at radius 1 is 1.05 bits per heavy atom. The summed E-state index contributed by atoms with van der Waals surface area (Å²) in [4.78, 5) is 25.3. The van der Waals surface area contributed by atoms with Gasteiger partial charge < -0.3 is 5.73 Å². The molecule has 1 aromatic rings. The van der Waals surface area contributed by atoms with Crippen LogP contribution in [0.5, 0.6) is 0 Å². The van der Waals surface area contributed by atoms with Crippen LogP contribution in [0.1, 0.15) is 37.2 Å². The summed E-state index contributed by atoms with van der Waals surface area (Å²) in [5.74, 6) is -0.0963. The van der Waals surface area contributed by atoms with E-state index in [0.29, 0.717) is 25.9 Å². The molecular formula is C15H20N2O2. The Morgan fingerprint density at radius 3 is 2.16 bits per heavy atom. The topological polar surface area (TPSA) is 63.4 Å². The highest BCUT2D eigenvalue weighted by Crippen LogP contribution is 2.19. The smallest absolute Gasteiger partial charge is 0.229 e. The van der Waals surface area contributed by atoms with Crippen molar-refractivity contribution < 1.29 is 9.59 Å². The van der Waals surface area contributed by atoms with E-state index in [1.807, 2.05) is 30.3 Å². The molecule has 0 bridgehead atoms. The fraction of sp³-hybridized carbons (Fsp3) is 0.467. The molecule has 19 heavy (non-hydrogen) atoms. The zero-order chi connectivity index (χ0) is 13.7. The Kier molecular flexibility index (Phi) is 4.68. The van der Waals surface area contributed by atoms with Crippen LogP contribution in [0, 0.1) is 0 Å². The molecule has 2 rings (SSSR count). The van der Waals surface area contributed by atoms with Crippen molar-refractivity contribution in [2.45, 2.75) is 31.6 Å². The van der Waals surface area contributed by atoms with Gasteiger partial charge in [0.25, 0.3) is 0 Å². The van der Waals surface area contributed by atoms with Crippen molar-refractivity contribution in [3.05, 3.63) is 35.9 Å². The lowest BCUT2D eigenvalue weighted by Crippen LogP contribution is -2.39. The molecule has 0 spiro atoms. The van der Waals surface area contributed by atoms with E-state index in [9.17, 15) is 9.59 Å². The molecule has 1 saturated heterocycles. The number of rotatable bonds is 4. The van der Waals surface area contributed by atoms with Gasteiger partial charge in [-0.2, -0.15) is 0 Å². The summed E-state index contributed by atoms with van der Waals surface area (Å²) in [6.07, 6.45) is 2.55. The Labute approximate surface area is 113 Å². The van der Waals surface area contributed by atoms with E-state index in [0.717, 1.165) is 18.4 Å². The number of carbonyl (C=O) groups excluding carboxylic acids is 2. The minimum Gasteiger partial charge on any atom is -0.330 e. The number of imide groups is 1. The highest BCUT2D eigenvalue weighted by Gasteiger charge is 2.26. The molecule has 0 saturated carbocycles. The van der Waals surface area contributed by atoms with E-state index in [4.69, 9.17) is 5.73 Å². The highest BCUT2D eigenvalue weighted by atomic mass is 16.2. The van der Waals surface area contributed by atoms with E-state index in [2.05, 4.69) is 0 Å². The summed E-state index contributed by atoms with van der Waals surface area (Å²) in [6.45, 7) is 0.833. The summed E-state index contributed by atoms with van der Waals surface area (Å²) in [5.41, 5.74) is 6.88. The van der Waals surface area contributed by atoms with Gasteiger partial charge in [0.1, 0.15) is 0 Å². The van der Waals surface area contributed by atoms with Gasteiger partial charge in [0, 0.05) is 31.8 Å². The first-order chi connectivity index (χ1) is 9.22. The van der Waals surface area contributed by atoms with Gasteiger partial charge in [-0.25, -0.2) is 0 Å². The van der Waals surface area contributed by atoms with Crippen LogP contribution in [-0.2, 0) is 9.59 Å². The molecule has 0 aliphatic carbocycles. The summed E-state index contributed by atoms with van der Waals surface area (Å²) in [7, 11) is 0. The van der Waals surface area contributed by atoms with Gasteiger partial charge in [0.15, 0.2) is 0 Å². The van der Waals surface area contributed by atoms with Crippen molar-refractivity contribution in [1.29, 1.82) is 0 Å². The largest absolute Gasteiger partial charge is 0.330 e. The number of amides is 2. The number of benzene rings is 1. The molecule has 2 N–H and O–H groups in total. The lowest BCUT2D eigenvalue weighted by Gasteiger charge is -2.24. The van der Waals surface area contributed by atoms with E-state index in [1.54, 1.807) is 0 Å². The van der Waals surface area contributed by atoms with Gasteiger partial charge in [0.05, 0.1) is 0 Å². The number of nitrogens with zero attached hydrogens (tertiary/aromatic N) is 1. The van der Waals surface area contributed by atoms with Gasteiger partial charge in [-0.15, -0.1) is 0 Å². The number of hydrogen-bond donors (Lipinski definition) is 1. The lowest BCUT2D eigenvalue weighted by atomic mass is 9.98. The second kappa shape index (κ2) is 6.48. The van der Waals surface area contributed by atoms with Gasteiger partial charge in [-0.05, 0) is 18.4 Å². The minimum absolute atomic E-state index is 0.0206. The third-order valence-electron chi connectivity index (χ3n) is 3.59. The van der Waals surface area contributed by atoms with Crippen molar-refractivity contribution in [3.63, 3.8) is 0 Å². The maximum atomic E-state index is 12.0. The van der Waals surface area contributed by atoms with Crippen molar-refractivity contribution >= 4 is 11.8 Å². The summed E-state index contributed by atoms with van der Waals surface area (Å²) < 4.78 is 0. The molecule has 0 aromatic heterocycles. The van der Waals surface area contributed by atoms with Crippen LogP contribution in [0.15, 0.2) is 30.3 Å². The van der Waals surface area contributed by atoms with Crippen LogP contribution in [0.2, 0.25) is 0 Å².